The number of hydrogen-bond donors (Lipinski definition) is 2. The largest absolute Gasteiger partial charge is 0.452 e. The molecule has 1 unspecified atom stereocenters. The summed E-state index contributed by atoms with van der Waals surface area (Å²) in [5, 5.41) is 7.41. The Morgan fingerprint density at radius 1 is 1.35 bits per heavy atom. The Labute approximate surface area is 113 Å². The molecule has 1 heterocycles. The Kier molecular flexibility index (Phi) is 3.61. The van der Waals surface area contributed by atoms with Crippen molar-refractivity contribution in [1.29, 1.82) is 0 Å². The first-order valence-electron chi connectivity index (χ1n) is 5.61. The number of carbonyl (C=O) groups is 1. The number of primary sulfonamides is 1. The summed E-state index contributed by atoms with van der Waals surface area (Å²) >= 11 is 0. The Morgan fingerprint density at radius 2 is 2.00 bits per heavy atom. The Hall–Kier alpha value is -1.45. The van der Waals surface area contributed by atoms with Gasteiger partial charge in [0.1, 0.15) is 6.04 Å². The summed E-state index contributed by atoms with van der Waals surface area (Å²) in [6.07, 6.45) is -4.74. The number of fused-ring (bicyclic) bond motifs is 1. The Balaban J connectivity index is 2.63. The van der Waals surface area contributed by atoms with E-state index in [4.69, 9.17) is 5.14 Å². The number of hydrogen-bond acceptors (Lipinski definition) is 4. The van der Waals surface area contributed by atoms with Crippen LogP contribution in [0.4, 0.5) is 13.2 Å². The maximum atomic E-state index is 12.6. The maximum Gasteiger partial charge on any atom is 0.452 e. The van der Waals surface area contributed by atoms with Crippen molar-refractivity contribution in [3.8, 4) is 0 Å². The van der Waals surface area contributed by atoms with Crippen molar-refractivity contribution in [3.05, 3.63) is 29.3 Å². The third-order valence-electron chi connectivity index (χ3n) is 3.04. The van der Waals surface area contributed by atoms with E-state index in [9.17, 15) is 26.4 Å². The number of nitrogens with two attached hydrogens (primary N) is 1. The third-order valence-corrected chi connectivity index (χ3v) is 4.01. The van der Waals surface area contributed by atoms with Crippen LogP contribution in [0.15, 0.2) is 23.1 Å². The molecule has 0 amide bonds. The molecule has 1 aromatic carbocycles. The summed E-state index contributed by atoms with van der Waals surface area (Å²) in [5.74, 6) is -2.03. The van der Waals surface area contributed by atoms with Crippen LogP contribution in [0, 0.1) is 0 Å². The fourth-order valence-corrected chi connectivity index (χ4v) is 3.05. The van der Waals surface area contributed by atoms with Crippen molar-refractivity contribution in [2.45, 2.75) is 23.5 Å². The minimum atomic E-state index is -5.06. The van der Waals surface area contributed by atoms with Crippen LogP contribution in [0.25, 0.3) is 0 Å². The van der Waals surface area contributed by atoms with E-state index >= 15 is 0 Å². The second-order valence-corrected chi connectivity index (χ2v) is 5.90. The fraction of sp³-hybridized carbons (Fsp3) is 0.364. The molecule has 0 aliphatic carbocycles. The van der Waals surface area contributed by atoms with Gasteiger partial charge >= 0.3 is 6.18 Å². The number of benzene rings is 1. The van der Waals surface area contributed by atoms with Gasteiger partial charge < -0.3 is 5.32 Å². The smallest absolute Gasteiger partial charge is 0.303 e. The van der Waals surface area contributed by atoms with Crippen molar-refractivity contribution in [2.24, 2.45) is 5.14 Å². The second kappa shape index (κ2) is 4.83. The quantitative estimate of drug-likeness (QED) is 0.839. The second-order valence-electron chi connectivity index (χ2n) is 4.37. The number of alkyl halides is 3. The number of halogens is 3. The minimum absolute atomic E-state index is 0.146. The van der Waals surface area contributed by atoms with E-state index in [1.165, 1.54) is 12.1 Å². The lowest BCUT2D eigenvalue weighted by Crippen LogP contribution is -2.42. The molecule has 3 N–H and O–H groups in total. The summed E-state index contributed by atoms with van der Waals surface area (Å²) in [5.41, 5.74) is 0.168. The number of sulfonamides is 1. The summed E-state index contributed by atoms with van der Waals surface area (Å²) in [6.45, 7) is 0.146. The van der Waals surface area contributed by atoms with Gasteiger partial charge in [0.05, 0.1) is 4.90 Å². The topological polar surface area (TPSA) is 89.3 Å². The average Bonchev–Trinajstić information content (AvgIpc) is 2.34. The van der Waals surface area contributed by atoms with Crippen molar-refractivity contribution in [1.82, 2.24) is 5.32 Å². The number of nitrogens with one attached hydrogen (secondary N) is 1. The number of ketones is 1. The highest BCUT2D eigenvalue weighted by atomic mass is 32.2. The predicted octanol–water partition coefficient (Wildman–Crippen LogP) is 0.652. The van der Waals surface area contributed by atoms with E-state index in [-0.39, 0.29) is 12.1 Å². The summed E-state index contributed by atoms with van der Waals surface area (Å²) in [6, 6.07) is 2.23. The molecule has 1 aliphatic heterocycles. The molecular weight excluding hydrogens is 297 g/mol. The SMILES string of the molecule is NS(=O)(=O)c1cccc2c1C(C(=O)C(F)(F)F)NCC2. The number of rotatable bonds is 2. The van der Waals surface area contributed by atoms with E-state index in [0.717, 1.165) is 6.07 Å². The first-order chi connectivity index (χ1) is 9.12. The van der Waals surface area contributed by atoms with Gasteiger partial charge in [-0.3, -0.25) is 4.79 Å². The van der Waals surface area contributed by atoms with Gasteiger partial charge in [-0.25, -0.2) is 13.6 Å². The van der Waals surface area contributed by atoms with Gasteiger partial charge in [-0.15, -0.1) is 0 Å². The molecule has 0 fully saturated rings. The molecule has 0 radical (unpaired) electrons. The van der Waals surface area contributed by atoms with E-state index in [1.807, 2.05) is 0 Å². The molecule has 110 valence electrons. The lowest BCUT2D eigenvalue weighted by Gasteiger charge is -2.28. The van der Waals surface area contributed by atoms with Crippen LogP contribution < -0.4 is 10.5 Å². The highest BCUT2D eigenvalue weighted by Crippen LogP contribution is 2.33. The minimum Gasteiger partial charge on any atom is -0.303 e. The molecular formula is C11H11F3N2O3S. The van der Waals surface area contributed by atoms with E-state index < -0.39 is 32.9 Å². The maximum absolute atomic E-state index is 12.6. The van der Waals surface area contributed by atoms with Crippen LogP contribution in [0.2, 0.25) is 0 Å². The zero-order chi connectivity index (χ0) is 15.1. The molecule has 1 aromatic rings. The first-order valence-corrected chi connectivity index (χ1v) is 7.16. The first kappa shape index (κ1) is 14.9. The molecule has 5 nitrogen and oxygen atoms in total. The molecule has 1 atom stereocenters. The van der Waals surface area contributed by atoms with Gasteiger partial charge in [0.2, 0.25) is 10.0 Å². The molecule has 1 aliphatic rings. The van der Waals surface area contributed by atoms with E-state index in [2.05, 4.69) is 5.32 Å². The van der Waals surface area contributed by atoms with Crippen LogP contribution >= 0.6 is 0 Å². The standard InChI is InChI=1S/C11H11F3N2O3S/c12-11(13,14)10(17)9-8-6(4-5-16-9)2-1-3-7(8)20(15,18)19/h1-3,9,16H,4-5H2,(H2,15,18,19). The summed E-state index contributed by atoms with van der Waals surface area (Å²) in [7, 11) is -4.22. The Morgan fingerprint density at radius 3 is 2.55 bits per heavy atom. The summed E-state index contributed by atoms with van der Waals surface area (Å²) in [4.78, 5) is 11.0. The molecule has 2 rings (SSSR count). The summed E-state index contributed by atoms with van der Waals surface area (Å²) < 4.78 is 60.7. The van der Waals surface area contributed by atoms with Crippen molar-refractivity contribution in [3.63, 3.8) is 0 Å². The number of carbonyl (C=O) groups excluding carboxylic acids is 1. The molecule has 0 spiro atoms. The number of Topliss-reactive ketones (excluding diaryl/α,β-unsaturated/α-hetero) is 1. The normalized spacial score (nSPS) is 19.5. The molecule has 0 aromatic heterocycles. The zero-order valence-electron chi connectivity index (χ0n) is 10.1. The van der Waals surface area contributed by atoms with Gasteiger partial charge in [0.25, 0.3) is 5.78 Å². The third kappa shape index (κ3) is 2.69. The highest BCUT2D eigenvalue weighted by molar-refractivity contribution is 7.89. The lowest BCUT2D eigenvalue weighted by molar-refractivity contribution is -0.173. The zero-order valence-corrected chi connectivity index (χ0v) is 10.9. The molecule has 20 heavy (non-hydrogen) atoms. The van der Waals surface area contributed by atoms with Gasteiger partial charge in [-0.2, -0.15) is 13.2 Å². The van der Waals surface area contributed by atoms with Crippen LogP contribution in [0.1, 0.15) is 17.2 Å². The average molecular weight is 308 g/mol. The molecule has 0 saturated carbocycles. The van der Waals surface area contributed by atoms with Crippen LogP contribution in [-0.2, 0) is 21.2 Å². The van der Waals surface area contributed by atoms with Gasteiger partial charge in [0.15, 0.2) is 0 Å². The van der Waals surface area contributed by atoms with Gasteiger partial charge in [0, 0.05) is 12.1 Å². The lowest BCUT2D eigenvalue weighted by atomic mass is 9.91. The van der Waals surface area contributed by atoms with Gasteiger partial charge in [-0.05, 0) is 18.1 Å². The van der Waals surface area contributed by atoms with Crippen molar-refractivity contribution in [2.75, 3.05) is 6.54 Å². The monoisotopic (exact) mass is 308 g/mol. The predicted molar refractivity (Wildman–Crippen MR) is 63.3 cm³/mol. The molecule has 9 heteroatoms. The molecule has 0 saturated heterocycles. The molecule has 0 bridgehead atoms. The van der Waals surface area contributed by atoms with Crippen LogP contribution in [0.3, 0.4) is 0 Å². The van der Waals surface area contributed by atoms with Crippen molar-refractivity contribution < 1.29 is 26.4 Å². The van der Waals surface area contributed by atoms with Crippen molar-refractivity contribution >= 4 is 15.8 Å². The van der Waals surface area contributed by atoms with E-state index in [1.54, 1.807) is 0 Å². The van der Waals surface area contributed by atoms with Gasteiger partial charge in [-0.1, -0.05) is 12.1 Å². The van der Waals surface area contributed by atoms with Crippen LogP contribution in [0.5, 0.6) is 0 Å². The van der Waals surface area contributed by atoms with Crippen LogP contribution in [-0.4, -0.2) is 26.9 Å². The highest BCUT2D eigenvalue weighted by Gasteiger charge is 2.46. The van der Waals surface area contributed by atoms with E-state index in [0.29, 0.717) is 12.0 Å². The Bertz CT molecular complexity index is 655. The fourth-order valence-electron chi connectivity index (χ4n) is 2.22.